The summed E-state index contributed by atoms with van der Waals surface area (Å²) in [5, 5.41) is 7.22. The molecule has 6 heteroatoms. The molecule has 0 spiro atoms. The van der Waals surface area contributed by atoms with Crippen molar-refractivity contribution in [3.63, 3.8) is 0 Å². The second-order valence-electron chi connectivity index (χ2n) is 2.25. The Morgan fingerprint density at radius 2 is 2.58 bits per heavy atom. The highest BCUT2D eigenvalue weighted by Crippen LogP contribution is 1.88. The molecule has 0 saturated heterocycles. The minimum atomic E-state index is -0.684. The first-order chi connectivity index (χ1) is 5.74. The Morgan fingerprint density at radius 3 is 3.08 bits per heavy atom. The fourth-order valence-electron chi connectivity index (χ4n) is 0.758. The van der Waals surface area contributed by atoms with Crippen molar-refractivity contribution in [3.8, 4) is 0 Å². The van der Waals surface area contributed by atoms with Crippen LogP contribution in [0.3, 0.4) is 0 Å². The summed E-state index contributed by atoms with van der Waals surface area (Å²) in [5.74, 6) is -0.453. The zero-order chi connectivity index (χ0) is 8.97. The van der Waals surface area contributed by atoms with Crippen LogP contribution in [0, 0.1) is 0 Å². The Bertz CT molecular complexity index is 246. The van der Waals surface area contributed by atoms with E-state index in [0.29, 0.717) is 0 Å². The molecular formula is C6H10N4O2. The number of nitrogens with zero attached hydrogens (tertiary/aromatic N) is 3. The second kappa shape index (κ2) is 3.82. The molecule has 0 fully saturated rings. The summed E-state index contributed by atoms with van der Waals surface area (Å²) < 4.78 is 5.91. The lowest BCUT2D eigenvalue weighted by molar-refractivity contribution is -0.142. The first-order valence-corrected chi connectivity index (χ1v) is 3.41. The van der Waals surface area contributed by atoms with E-state index in [0.717, 1.165) is 0 Å². The Kier molecular flexibility index (Phi) is 2.76. The number of esters is 1. The summed E-state index contributed by atoms with van der Waals surface area (Å²) in [6.45, 7) is 0.284. The Morgan fingerprint density at radius 1 is 1.83 bits per heavy atom. The molecule has 0 aromatic carbocycles. The van der Waals surface area contributed by atoms with Crippen LogP contribution in [0.25, 0.3) is 0 Å². The monoisotopic (exact) mass is 170 g/mol. The Labute approximate surface area is 69.3 Å². The van der Waals surface area contributed by atoms with Gasteiger partial charge >= 0.3 is 5.97 Å². The predicted molar refractivity (Wildman–Crippen MR) is 40.0 cm³/mol. The highest BCUT2D eigenvalue weighted by atomic mass is 16.5. The second-order valence-corrected chi connectivity index (χ2v) is 2.25. The van der Waals surface area contributed by atoms with Crippen molar-refractivity contribution in [2.45, 2.75) is 12.6 Å². The zero-order valence-electron chi connectivity index (χ0n) is 6.67. The van der Waals surface area contributed by atoms with Crippen LogP contribution in [-0.2, 0) is 16.1 Å². The standard InChI is InChI=1S/C6H10N4O2/c1-12-6(11)5(7)4-10-3-2-8-9-10/h2-3,5H,4,7H2,1H3/t5-/m0/s1. The molecule has 1 aromatic heterocycles. The number of carbonyl (C=O) groups is 1. The van der Waals surface area contributed by atoms with Crippen LogP contribution in [0.5, 0.6) is 0 Å². The van der Waals surface area contributed by atoms with Crippen LogP contribution in [0.1, 0.15) is 0 Å². The van der Waals surface area contributed by atoms with Crippen molar-refractivity contribution in [2.75, 3.05) is 7.11 Å². The summed E-state index contributed by atoms with van der Waals surface area (Å²) in [4.78, 5) is 10.8. The first kappa shape index (κ1) is 8.66. The first-order valence-electron chi connectivity index (χ1n) is 3.41. The molecule has 66 valence electrons. The van der Waals surface area contributed by atoms with Crippen LogP contribution in [0.15, 0.2) is 12.4 Å². The van der Waals surface area contributed by atoms with Crippen LogP contribution in [0.2, 0.25) is 0 Å². The number of hydrogen-bond donors (Lipinski definition) is 1. The maximum atomic E-state index is 10.8. The SMILES string of the molecule is COC(=O)[C@@H](N)Cn1ccnn1. The van der Waals surface area contributed by atoms with Gasteiger partial charge < -0.3 is 10.5 Å². The van der Waals surface area contributed by atoms with Gasteiger partial charge in [-0.2, -0.15) is 0 Å². The molecule has 0 amide bonds. The highest BCUT2D eigenvalue weighted by molar-refractivity contribution is 5.75. The lowest BCUT2D eigenvalue weighted by Crippen LogP contribution is -2.35. The molecule has 0 aliphatic carbocycles. The van der Waals surface area contributed by atoms with Crippen LogP contribution >= 0.6 is 0 Å². The number of nitrogens with two attached hydrogens (primary N) is 1. The van der Waals surface area contributed by atoms with Crippen LogP contribution in [0.4, 0.5) is 0 Å². The summed E-state index contributed by atoms with van der Waals surface area (Å²) in [5.41, 5.74) is 5.46. The average molecular weight is 170 g/mol. The summed E-state index contributed by atoms with van der Waals surface area (Å²) >= 11 is 0. The minimum absolute atomic E-state index is 0.284. The molecule has 12 heavy (non-hydrogen) atoms. The van der Waals surface area contributed by atoms with Gasteiger partial charge in [0.25, 0.3) is 0 Å². The van der Waals surface area contributed by atoms with E-state index in [1.54, 1.807) is 6.20 Å². The van der Waals surface area contributed by atoms with E-state index >= 15 is 0 Å². The Balaban J connectivity index is 2.47. The molecule has 0 radical (unpaired) electrons. The number of ether oxygens (including phenoxy) is 1. The topological polar surface area (TPSA) is 83.0 Å². The molecule has 0 saturated carbocycles. The van der Waals surface area contributed by atoms with E-state index in [4.69, 9.17) is 5.73 Å². The third-order valence-electron chi connectivity index (χ3n) is 1.36. The van der Waals surface area contributed by atoms with E-state index in [9.17, 15) is 4.79 Å². The van der Waals surface area contributed by atoms with Crippen molar-refractivity contribution >= 4 is 5.97 Å². The van der Waals surface area contributed by atoms with E-state index in [1.807, 2.05) is 0 Å². The van der Waals surface area contributed by atoms with Crippen molar-refractivity contribution in [1.82, 2.24) is 15.0 Å². The van der Waals surface area contributed by atoms with Crippen molar-refractivity contribution in [1.29, 1.82) is 0 Å². The molecule has 1 aromatic rings. The average Bonchev–Trinajstić information content (AvgIpc) is 2.55. The van der Waals surface area contributed by atoms with Crippen molar-refractivity contribution in [2.24, 2.45) is 5.73 Å². The predicted octanol–water partition coefficient (Wildman–Crippen LogP) is -1.22. The largest absolute Gasteiger partial charge is 0.468 e. The molecule has 0 aliphatic rings. The number of carbonyl (C=O) groups excluding carboxylic acids is 1. The van der Waals surface area contributed by atoms with Crippen LogP contribution < -0.4 is 5.73 Å². The van der Waals surface area contributed by atoms with E-state index in [2.05, 4.69) is 15.0 Å². The van der Waals surface area contributed by atoms with Gasteiger partial charge in [-0.1, -0.05) is 5.21 Å². The molecule has 0 unspecified atom stereocenters. The maximum absolute atomic E-state index is 10.8. The van der Waals surface area contributed by atoms with E-state index in [-0.39, 0.29) is 6.54 Å². The van der Waals surface area contributed by atoms with Gasteiger partial charge in [0.15, 0.2) is 0 Å². The smallest absolute Gasteiger partial charge is 0.324 e. The number of hydrogen-bond acceptors (Lipinski definition) is 5. The van der Waals surface area contributed by atoms with Gasteiger partial charge in [-0.05, 0) is 0 Å². The number of aromatic nitrogens is 3. The summed E-state index contributed by atoms with van der Waals surface area (Å²) in [7, 11) is 1.30. The Hall–Kier alpha value is -1.43. The molecule has 1 atom stereocenters. The van der Waals surface area contributed by atoms with Crippen molar-refractivity contribution < 1.29 is 9.53 Å². The zero-order valence-corrected chi connectivity index (χ0v) is 6.67. The van der Waals surface area contributed by atoms with Gasteiger partial charge in [0.2, 0.25) is 0 Å². The third-order valence-corrected chi connectivity index (χ3v) is 1.36. The lowest BCUT2D eigenvalue weighted by Gasteiger charge is -2.07. The molecular weight excluding hydrogens is 160 g/mol. The number of rotatable bonds is 3. The molecule has 6 nitrogen and oxygen atoms in total. The van der Waals surface area contributed by atoms with Gasteiger partial charge in [-0.3, -0.25) is 9.48 Å². The molecule has 2 N–H and O–H groups in total. The number of methoxy groups -OCH3 is 1. The molecule has 1 rings (SSSR count). The van der Waals surface area contributed by atoms with Gasteiger partial charge in [0.05, 0.1) is 19.9 Å². The third kappa shape index (κ3) is 2.03. The quantitative estimate of drug-likeness (QED) is 0.575. The van der Waals surface area contributed by atoms with Crippen LogP contribution in [-0.4, -0.2) is 34.1 Å². The molecule has 0 aliphatic heterocycles. The van der Waals surface area contributed by atoms with Crippen molar-refractivity contribution in [3.05, 3.63) is 12.4 Å². The fourth-order valence-corrected chi connectivity index (χ4v) is 0.758. The molecule has 1 heterocycles. The van der Waals surface area contributed by atoms with E-state index < -0.39 is 12.0 Å². The lowest BCUT2D eigenvalue weighted by atomic mass is 10.3. The maximum Gasteiger partial charge on any atom is 0.324 e. The molecule has 0 bridgehead atoms. The summed E-state index contributed by atoms with van der Waals surface area (Å²) in [6, 6.07) is -0.684. The van der Waals surface area contributed by atoms with Gasteiger partial charge in [-0.25, -0.2) is 0 Å². The minimum Gasteiger partial charge on any atom is -0.468 e. The highest BCUT2D eigenvalue weighted by Gasteiger charge is 2.13. The van der Waals surface area contributed by atoms with Gasteiger partial charge in [0, 0.05) is 6.20 Å². The van der Waals surface area contributed by atoms with Gasteiger partial charge in [0.1, 0.15) is 6.04 Å². The fraction of sp³-hybridized carbons (Fsp3) is 0.500. The van der Waals surface area contributed by atoms with Gasteiger partial charge in [-0.15, -0.1) is 5.10 Å². The summed E-state index contributed by atoms with van der Waals surface area (Å²) in [6.07, 6.45) is 3.15. The normalized spacial score (nSPS) is 12.5. The van der Waals surface area contributed by atoms with E-state index in [1.165, 1.54) is 18.0 Å².